The van der Waals surface area contributed by atoms with E-state index in [2.05, 4.69) is 0 Å². The molecule has 1 N–H and O–H groups in total. The van der Waals surface area contributed by atoms with Gasteiger partial charge in [-0.05, 0) is 51.8 Å². The summed E-state index contributed by atoms with van der Waals surface area (Å²) in [6.45, 7) is 8.57. The highest BCUT2D eigenvalue weighted by molar-refractivity contribution is 6.12. The van der Waals surface area contributed by atoms with Gasteiger partial charge in [0.05, 0.1) is 5.56 Å². The minimum absolute atomic E-state index is 0.0845. The molecule has 0 saturated heterocycles. The normalized spacial score (nSPS) is 11.1. The lowest BCUT2D eigenvalue weighted by molar-refractivity contribution is 0.100. The number of rotatable bonds is 3. The summed E-state index contributed by atoms with van der Waals surface area (Å²) in [5.74, 6) is -0.915. The summed E-state index contributed by atoms with van der Waals surface area (Å²) in [4.78, 5) is 25.7. The van der Waals surface area contributed by atoms with Crippen LogP contribution >= 0.6 is 0 Å². The van der Waals surface area contributed by atoms with Crippen molar-refractivity contribution in [3.05, 3.63) is 62.1 Å². The average Bonchev–Trinajstić information content (AvgIpc) is 2.90. The number of carbonyl (C=O) groups is 1. The quantitative estimate of drug-likeness (QED) is 0.711. The third-order valence-electron chi connectivity index (χ3n) is 4.79. The third kappa shape index (κ3) is 2.72. The van der Waals surface area contributed by atoms with Gasteiger partial charge in [0.2, 0.25) is 11.7 Å². The number of fused-ring (bicyclic) bond motifs is 1. The molecule has 0 aliphatic rings. The summed E-state index contributed by atoms with van der Waals surface area (Å²) >= 11 is 0. The van der Waals surface area contributed by atoms with Gasteiger partial charge >= 0.3 is 0 Å². The molecule has 0 spiro atoms. The molecule has 0 aliphatic carbocycles. The Labute approximate surface area is 156 Å². The minimum atomic E-state index is -0.615. The Morgan fingerprint density at radius 2 is 1.89 bits per heavy atom. The first-order valence-corrected chi connectivity index (χ1v) is 8.61. The highest BCUT2D eigenvalue weighted by atomic mass is 16.3. The van der Waals surface area contributed by atoms with Crippen LogP contribution in [0.2, 0.25) is 0 Å². The van der Waals surface area contributed by atoms with Crippen molar-refractivity contribution in [1.82, 2.24) is 4.57 Å². The van der Waals surface area contributed by atoms with Crippen LogP contribution in [0.15, 0.2) is 27.4 Å². The highest BCUT2D eigenvalue weighted by Crippen LogP contribution is 2.32. The number of aryl methyl sites for hydroxylation is 2. The fourth-order valence-electron chi connectivity index (χ4n) is 3.34. The molecule has 3 rings (SSSR count). The van der Waals surface area contributed by atoms with Gasteiger partial charge in [-0.25, -0.2) is 0 Å². The second-order valence-electron chi connectivity index (χ2n) is 6.96. The lowest BCUT2D eigenvalue weighted by atomic mass is 9.98. The van der Waals surface area contributed by atoms with Crippen molar-refractivity contribution in [2.24, 2.45) is 0 Å². The third-order valence-corrected chi connectivity index (χ3v) is 4.79. The topological polar surface area (TPSA) is 96.2 Å². The minimum Gasteiger partial charge on any atom is -0.494 e. The molecule has 0 saturated carbocycles. The molecule has 0 amide bonds. The molecule has 0 bridgehead atoms. The van der Waals surface area contributed by atoms with Crippen LogP contribution in [0.3, 0.4) is 0 Å². The second-order valence-corrected chi connectivity index (χ2v) is 6.96. The van der Waals surface area contributed by atoms with Crippen molar-refractivity contribution in [1.29, 1.82) is 5.26 Å². The van der Waals surface area contributed by atoms with Crippen molar-refractivity contribution in [2.45, 2.75) is 40.7 Å². The lowest BCUT2D eigenvalue weighted by Gasteiger charge is -2.17. The van der Waals surface area contributed by atoms with Crippen LogP contribution in [0.4, 0.5) is 0 Å². The number of furan rings is 1. The maximum absolute atomic E-state index is 13.2. The van der Waals surface area contributed by atoms with Gasteiger partial charge in [-0.3, -0.25) is 14.2 Å². The number of nitriles is 1. The van der Waals surface area contributed by atoms with Gasteiger partial charge in [0.15, 0.2) is 5.76 Å². The first-order valence-electron chi connectivity index (χ1n) is 8.61. The van der Waals surface area contributed by atoms with Crippen LogP contribution in [0, 0.1) is 32.1 Å². The SMILES string of the molecule is Cc1ccc2c(C)c(C(=O)c3c(C)c(C#N)c(=O)n(C(C)C)c3O)oc2c1. The van der Waals surface area contributed by atoms with Crippen LogP contribution in [-0.2, 0) is 0 Å². The first kappa shape index (κ1) is 18.5. The molecule has 138 valence electrons. The van der Waals surface area contributed by atoms with E-state index in [9.17, 15) is 20.0 Å². The standard InChI is InChI=1S/C21H20N2O4/c1-10(2)23-20(25)15(9-22)12(4)17(21(23)26)18(24)19-13(5)14-7-6-11(3)8-16(14)27-19/h6-8,10,26H,1-5H3. The summed E-state index contributed by atoms with van der Waals surface area (Å²) in [5, 5.41) is 20.9. The van der Waals surface area contributed by atoms with E-state index in [4.69, 9.17) is 4.42 Å². The van der Waals surface area contributed by atoms with Crippen LogP contribution < -0.4 is 5.56 Å². The number of hydrogen-bond donors (Lipinski definition) is 1. The molecule has 0 atom stereocenters. The van der Waals surface area contributed by atoms with Gasteiger partial charge in [-0.1, -0.05) is 12.1 Å². The maximum atomic E-state index is 13.2. The fraction of sp³-hybridized carbons (Fsp3) is 0.286. The highest BCUT2D eigenvalue weighted by Gasteiger charge is 2.29. The Hall–Kier alpha value is -3.33. The smallest absolute Gasteiger partial charge is 0.271 e. The maximum Gasteiger partial charge on any atom is 0.271 e. The van der Waals surface area contributed by atoms with E-state index in [0.717, 1.165) is 15.5 Å². The molecule has 3 aromatic rings. The van der Waals surface area contributed by atoms with Crippen molar-refractivity contribution < 1.29 is 14.3 Å². The number of nitrogens with zero attached hydrogens (tertiary/aromatic N) is 2. The Morgan fingerprint density at radius 1 is 1.22 bits per heavy atom. The van der Waals surface area contributed by atoms with Crippen molar-refractivity contribution in [3.8, 4) is 11.9 Å². The predicted octanol–water partition coefficient (Wildman–Crippen LogP) is 3.91. The van der Waals surface area contributed by atoms with E-state index in [0.29, 0.717) is 11.1 Å². The zero-order valence-corrected chi connectivity index (χ0v) is 15.9. The molecule has 0 aliphatic heterocycles. The molecular formula is C21H20N2O4. The van der Waals surface area contributed by atoms with Gasteiger partial charge in [-0.15, -0.1) is 0 Å². The van der Waals surface area contributed by atoms with Crippen LogP contribution in [0.25, 0.3) is 11.0 Å². The number of aromatic nitrogens is 1. The van der Waals surface area contributed by atoms with Crippen LogP contribution in [0.1, 0.15) is 58.3 Å². The van der Waals surface area contributed by atoms with E-state index >= 15 is 0 Å². The zero-order chi connectivity index (χ0) is 20.0. The van der Waals surface area contributed by atoms with E-state index in [1.54, 1.807) is 20.8 Å². The van der Waals surface area contributed by atoms with Crippen LogP contribution in [-0.4, -0.2) is 15.5 Å². The molecule has 27 heavy (non-hydrogen) atoms. The van der Waals surface area contributed by atoms with Crippen molar-refractivity contribution in [3.63, 3.8) is 0 Å². The van der Waals surface area contributed by atoms with Crippen molar-refractivity contribution >= 4 is 16.8 Å². The molecule has 1 aromatic carbocycles. The number of hydrogen-bond acceptors (Lipinski definition) is 5. The Bertz CT molecular complexity index is 1190. The van der Waals surface area contributed by atoms with E-state index < -0.39 is 23.3 Å². The van der Waals surface area contributed by atoms with Gasteiger partial charge in [-0.2, -0.15) is 5.26 Å². The van der Waals surface area contributed by atoms with Crippen molar-refractivity contribution in [2.75, 3.05) is 0 Å². The van der Waals surface area contributed by atoms with Crippen LogP contribution in [0.5, 0.6) is 5.88 Å². The largest absolute Gasteiger partial charge is 0.494 e. The monoisotopic (exact) mass is 364 g/mol. The number of pyridine rings is 1. The number of ketones is 1. The molecule has 2 aromatic heterocycles. The number of benzene rings is 1. The van der Waals surface area contributed by atoms with Gasteiger partial charge in [0.25, 0.3) is 5.56 Å². The molecule has 0 unspecified atom stereocenters. The van der Waals surface area contributed by atoms with Gasteiger partial charge in [0.1, 0.15) is 17.2 Å². The molecule has 6 nitrogen and oxygen atoms in total. The number of carbonyl (C=O) groups excluding carboxylic acids is 1. The average molecular weight is 364 g/mol. The first-order chi connectivity index (χ1) is 12.7. The summed E-state index contributed by atoms with van der Waals surface area (Å²) < 4.78 is 6.84. The van der Waals surface area contributed by atoms with E-state index in [-0.39, 0.29) is 22.5 Å². The Kier molecular flexibility index (Phi) is 4.40. The summed E-state index contributed by atoms with van der Waals surface area (Å²) in [6.07, 6.45) is 0. The second kappa shape index (κ2) is 6.44. The summed E-state index contributed by atoms with van der Waals surface area (Å²) in [7, 11) is 0. The van der Waals surface area contributed by atoms with E-state index in [1.165, 1.54) is 6.92 Å². The molecular weight excluding hydrogens is 344 g/mol. The number of aromatic hydroxyl groups is 1. The predicted molar refractivity (Wildman–Crippen MR) is 101 cm³/mol. The zero-order valence-electron chi connectivity index (χ0n) is 15.9. The van der Waals surface area contributed by atoms with Gasteiger partial charge < -0.3 is 9.52 Å². The summed E-state index contributed by atoms with van der Waals surface area (Å²) in [5.41, 5.74) is 1.51. The van der Waals surface area contributed by atoms with E-state index in [1.807, 2.05) is 31.2 Å². The Balaban J connectivity index is 2.33. The molecule has 2 heterocycles. The Morgan fingerprint density at radius 3 is 2.48 bits per heavy atom. The fourth-order valence-corrected chi connectivity index (χ4v) is 3.34. The molecule has 6 heteroatoms. The molecule has 0 radical (unpaired) electrons. The summed E-state index contributed by atoms with van der Waals surface area (Å²) in [6, 6.07) is 7.07. The molecule has 0 fully saturated rings. The lowest BCUT2D eigenvalue weighted by Crippen LogP contribution is -2.28. The van der Waals surface area contributed by atoms with Gasteiger partial charge in [0, 0.05) is 17.0 Å².